The van der Waals surface area contributed by atoms with Crippen LogP contribution >= 0.6 is 11.6 Å². The van der Waals surface area contributed by atoms with Crippen LogP contribution in [0.15, 0.2) is 53.7 Å². The second-order valence-corrected chi connectivity index (χ2v) is 5.06. The van der Waals surface area contributed by atoms with Gasteiger partial charge in [-0.2, -0.15) is 0 Å². The lowest BCUT2D eigenvalue weighted by Gasteiger charge is -2.07. The Bertz CT molecular complexity index is 722. The number of carbonyl (C=O) groups is 1. The monoisotopic (exact) mass is 335 g/mol. The molecular weight excluding hydrogens is 321 g/mol. The minimum absolute atomic E-state index is 0.0223. The molecule has 2 aromatic carbocycles. The molecule has 0 saturated heterocycles. The highest BCUT2D eigenvalue weighted by Crippen LogP contribution is 2.20. The number of amides is 1. The molecule has 2 aromatic rings. The molecule has 120 valence electrons. The summed E-state index contributed by atoms with van der Waals surface area (Å²) in [6.07, 6.45) is -0.164. The van der Waals surface area contributed by atoms with E-state index in [1.165, 1.54) is 6.07 Å². The summed E-state index contributed by atoms with van der Waals surface area (Å²) in [4.78, 5) is 16.8. The van der Waals surface area contributed by atoms with Gasteiger partial charge in [0, 0.05) is 5.56 Å². The number of benzene rings is 2. The van der Waals surface area contributed by atoms with E-state index in [-0.39, 0.29) is 24.8 Å². The fourth-order valence-corrected chi connectivity index (χ4v) is 1.94. The third-order valence-electron chi connectivity index (χ3n) is 2.85. The van der Waals surface area contributed by atoms with Crippen LogP contribution in [0.5, 0.6) is 0 Å². The van der Waals surface area contributed by atoms with Gasteiger partial charge < -0.3 is 15.9 Å². The lowest BCUT2D eigenvalue weighted by Crippen LogP contribution is -2.22. The number of carbonyl (C=O) groups excluding carboxylic acids is 1. The molecule has 0 spiro atoms. The van der Waals surface area contributed by atoms with Gasteiger partial charge in [-0.15, -0.1) is 0 Å². The average Bonchev–Trinajstić information content (AvgIpc) is 2.51. The van der Waals surface area contributed by atoms with Gasteiger partial charge in [0.2, 0.25) is 5.91 Å². The quantitative estimate of drug-likeness (QED) is 0.483. The second-order valence-electron chi connectivity index (χ2n) is 4.65. The van der Waals surface area contributed by atoms with Crippen LogP contribution in [0.25, 0.3) is 0 Å². The van der Waals surface area contributed by atoms with Crippen molar-refractivity contribution in [3.63, 3.8) is 0 Å². The minimum Gasteiger partial charge on any atom is -0.389 e. The molecule has 3 N–H and O–H groups in total. The van der Waals surface area contributed by atoms with Gasteiger partial charge in [0.05, 0.1) is 17.1 Å². The van der Waals surface area contributed by atoms with Crippen LogP contribution in [0.1, 0.15) is 12.0 Å². The fourth-order valence-electron chi connectivity index (χ4n) is 1.75. The number of para-hydroxylation sites is 1. The van der Waals surface area contributed by atoms with Crippen LogP contribution < -0.4 is 11.1 Å². The Morgan fingerprint density at radius 1 is 1.22 bits per heavy atom. The van der Waals surface area contributed by atoms with E-state index in [0.717, 1.165) is 0 Å². The van der Waals surface area contributed by atoms with Crippen LogP contribution in [0, 0.1) is 5.82 Å². The first-order valence-corrected chi connectivity index (χ1v) is 7.16. The predicted molar refractivity (Wildman–Crippen MR) is 87.5 cm³/mol. The Morgan fingerprint density at radius 3 is 2.65 bits per heavy atom. The Hall–Kier alpha value is -2.60. The normalized spacial score (nSPS) is 11.1. The zero-order valence-corrected chi connectivity index (χ0v) is 12.9. The van der Waals surface area contributed by atoms with E-state index in [1.54, 1.807) is 42.5 Å². The molecule has 0 radical (unpaired) electrons. The van der Waals surface area contributed by atoms with Gasteiger partial charge in [-0.25, -0.2) is 4.39 Å². The molecule has 0 heterocycles. The van der Waals surface area contributed by atoms with Crippen LogP contribution in [0.4, 0.5) is 10.1 Å². The molecule has 7 heteroatoms. The number of oxime groups is 1. The average molecular weight is 336 g/mol. The summed E-state index contributed by atoms with van der Waals surface area (Å²) in [5.41, 5.74) is 6.44. The van der Waals surface area contributed by atoms with Gasteiger partial charge in [-0.3, -0.25) is 4.79 Å². The van der Waals surface area contributed by atoms with E-state index in [9.17, 15) is 9.18 Å². The number of nitrogens with zero attached hydrogens (tertiary/aromatic N) is 1. The Morgan fingerprint density at radius 2 is 1.91 bits per heavy atom. The number of hydrogen-bond donors (Lipinski definition) is 2. The van der Waals surface area contributed by atoms with Crippen molar-refractivity contribution in [2.24, 2.45) is 10.9 Å². The maximum Gasteiger partial charge on any atom is 0.232 e. The second kappa shape index (κ2) is 8.14. The maximum atomic E-state index is 13.4. The molecule has 0 fully saturated rings. The molecule has 0 saturated carbocycles. The molecule has 23 heavy (non-hydrogen) atoms. The van der Waals surface area contributed by atoms with Gasteiger partial charge in [-0.05, 0) is 18.2 Å². The Balaban J connectivity index is 1.84. The SMILES string of the molecule is NC(CC(=O)Nc1ccccc1Cl)=NOCc1ccccc1F. The smallest absolute Gasteiger partial charge is 0.232 e. The first-order valence-electron chi connectivity index (χ1n) is 6.78. The summed E-state index contributed by atoms with van der Waals surface area (Å²) in [6, 6.07) is 13.0. The zero-order valence-electron chi connectivity index (χ0n) is 12.1. The highest BCUT2D eigenvalue weighted by molar-refractivity contribution is 6.33. The van der Waals surface area contributed by atoms with Crippen LogP contribution in [-0.2, 0) is 16.2 Å². The zero-order chi connectivity index (χ0) is 16.7. The fraction of sp³-hybridized carbons (Fsp3) is 0.125. The summed E-state index contributed by atoms with van der Waals surface area (Å²) in [5, 5.41) is 6.63. The topological polar surface area (TPSA) is 76.7 Å². The number of nitrogens with two attached hydrogens (primary N) is 1. The molecule has 0 aromatic heterocycles. The molecule has 0 aliphatic heterocycles. The van der Waals surface area contributed by atoms with Gasteiger partial charge in [-0.1, -0.05) is 47.1 Å². The highest BCUT2D eigenvalue weighted by atomic mass is 35.5. The molecule has 5 nitrogen and oxygen atoms in total. The highest BCUT2D eigenvalue weighted by Gasteiger charge is 2.08. The number of halogens is 2. The maximum absolute atomic E-state index is 13.4. The molecule has 0 unspecified atom stereocenters. The summed E-state index contributed by atoms with van der Waals surface area (Å²) in [6.45, 7) is -0.0699. The molecular formula is C16H15ClFN3O2. The molecule has 2 rings (SSSR count). The molecule has 0 aliphatic carbocycles. The van der Waals surface area contributed by atoms with E-state index in [4.69, 9.17) is 22.2 Å². The number of amidine groups is 1. The Kier molecular flexibility index (Phi) is 5.94. The Labute approximate surface area is 137 Å². The molecule has 1 amide bonds. The summed E-state index contributed by atoms with van der Waals surface area (Å²) < 4.78 is 13.4. The third-order valence-corrected chi connectivity index (χ3v) is 3.18. The van der Waals surface area contributed by atoms with E-state index >= 15 is 0 Å². The standard InChI is InChI=1S/C16H15ClFN3O2/c17-12-6-2-4-8-14(12)20-16(22)9-15(19)21-23-10-11-5-1-3-7-13(11)18/h1-8H,9-10H2,(H2,19,21)(H,20,22). The van der Waals surface area contributed by atoms with Crippen molar-refractivity contribution in [1.82, 2.24) is 0 Å². The predicted octanol–water partition coefficient (Wildman–Crippen LogP) is 3.30. The first kappa shape index (κ1) is 16.8. The van der Waals surface area contributed by atoms with Crippen molar-refractivity contribution in [2.45, 2.75) is 13.0 Å². The van der Waals surface area contributed by atoms with Crippen molar-refractivity contribution in [2.75, 3.05) is 5.32 Å². The van der Waals surface area contributed by atoms with Crippen molar-refractivity contribution in [3.8, 4) is 0 Å². The van der Waals surface area contributed by atoms with Crippen molar-refractivity contribution >= 4 is 29.0 Å². The third kappa shape index (κ3) is 5.27. The lowest BCUT2D eigenvalue weighted by atomic mass is 10.2. The van der Waals surface area contributed by atoms with Crippen LogP contribution in [-0.4, -0.2) is 11.7 Å². The molecule has 0 atom stereocenters. The van der Waals surface area contributed by atoms with E-state index in [1.807, 2.05) is 0 Å². The van der Waals surface area contributed by atoms with Gasteiger partial charge in [0.25, 0.3) is 0 Å². The first-order chi connectivity index (χ1) is 11.1. The van der Waals surface area contributed by atoms with Gasteiger partial charge in [0.1, 0.15) is 18.3 Å². The summed E-state index contributed by atoms with van der Waals surface area (Å²) in [7, 11) is 0. The van der Waals surface area contributed by atoms with Crippen molar-refractivity contribution in [1.29, 1.82) is 0 Å². The minimum atomic E-state index is -0.391. The largest absolute Gasteiger partial charge is 0.389 e. The summed E-state index contributed by atoms with van der Waals surface area (Å²) in [5.74, 6) is -0.794. The number of hydrogen-bond acceptors (Lipinski definition) is 3. The lowest BCUT2D eigenvalue weighted by molar-refractivity contribution is -0.115. The van der Waals surface area contributed by atoms with E-state index in [2.05, 4.69) is 10.5 Å². The van der Waals surface area contributed by atoms with Gasteiger partial charge >= 0.3 is 0 Å². The number of nitrogens with one attached hydrogen (secondary N) is 1. The van der Waals surface area contributed by atoms with Crippen LogP contribution in [0.3, 0.4) is 0 Å². The number of anilines is 1. The van der Waals surface area contributed by atoms with Crippen molar-refractivity contribution < 1.29 is 14.0 Å². The van der Waals surface area contributed by atoms with Crippen molar-refractivity contribution in [3.05, 3.63) is 64.9 Å². The van der Waals surface area contributed by atoms with Crippen LogP contribution in [0.2, 0.25) is 5.02 Å². The number of rotatable bonds is 6. The van der Waals surface area contributed by atoms with E-state index < -0.39 is 5.82 Å². The van der Waals surface area contributed by atoms with Gasteiger partial charge in [0.15, 0.2) is 0 Å². The van der Waals surface area contributed by atoms with E-state index in [0.29, 0.717) is 16.3 Å². The summed E-state index contributed by atoms with van der Waals surface area (Å²) >= 11 is 5.93. The molecule has 0 aliphatic rings. The molecule has 0 bridgehead atoms.